The SMILES string of the molecule is C#CCn1c(C)nc(-c2ccc(F)cc2Br)c1N. The first-order valence-corrected chi connectivity index (χ1v) is 6.05. The maximum absolute atomic E-state index is 13.1. The number of hydrogen-bond acceptors (Lipinski definition) is 2. The van der Waals surface area contributed by atoms with Crippen molar-refractivity contribution in [1.29, 1.82) is 0 Å². The van der Waals surface area contributed by atoms with Crippen LogP contribution in [0, 0.1) is 25.1 Å². The standard InChI is InChI=1S/C13H11BrFN3/c1-3-6-18-8(2)17-12(13(18)16)10-5-4-9(15)7-11(10)14/h1,4-5,7H,6,16H2,2H3. The summed E-state index contributed by atoms with van der Waals surface area (Å²) in [6.45, 7) is 2.19. The number of aryl methyl sites for hydroxylation is 1. The lowest BCUT2D eigenvalue weighted by atomic mass is 10.1. The molecule has 0 bridgehead atoms. The molecule has 1 aromatic carbocycles. The van der Waals surface area contributed by atoms with Crippen molar-refractivity contribution >= 4 is 21.7 Å². The molecule has 3 nitrogen and oxygen atoms in total. The van der Waals surface area contributed by atoms with Crippen LogP contribution in [-0.2, 0) is 6.54 Å². The van der Waals surface area contributed by atoms with Crippen LogP contribution in [0.4, 0.5) is 10.2 Å². The van der Waals surface area contributed by atoms with Crippen molar-refractivity contribution in [3.8, 4) is 23.6 Å². The summed E-state index contributed by atoms with van der Waals surface area (Å²) in [5.74, 6) is 3.43. The van der Waals surface area contributed by atoms with E-state index in [9.17, 15) is 4.39 Å². The van der Waals surface area contributed by atoms with Crippen molar-refractivity contribution in [2.45, 2.75) is 13.5 Å². The van der Waals surface area contributed by atoms with Crippen molar-refractivity contribution in [2.24, 2.45) is 0 Å². The molecule has 92 valence electrons. The fraction of sp³-hybridized carbons (Fsp3) is 0.154. The zero-order valence-corrected chi connectivity index (χ0v) is 11.3. The van der Waals surface area contributed by atoms with Gasteiger partial charge in [0.25, 0.3) is 0 Å². The summed E-state index contributed by atoms with van der Waals surface area (Å²) in [5.41, 5.74) is 7.37. The van der Waals surface area contributed by atoms with Gasteiger partial charge in [-0.25, -0.2) is 9.37 Å². The van der Waals surface area contributed by atoms with Crippen molar-refractivity contribution < 1.29 is 4.39 Å². The highest BCUT2D eigenvalue weighted by molar-refractivity contribution is 9.10. The lowest BCUT2D eigenvalue weighted by Gasteiger charge is -2.04. The van der Waals surface area contributed by atoms with Crippen LogP contribution in [0.1, 0.15) is 5.82 Å². The summed E-state index contributed by atoms with van der Waals surface area (Å²) in [4.78, 5) is 4.38. The number of benzene rings is 1. The average molecular weight is 308 g/mol. The van der Waals surface area contributed by atoms with E-state index in [1.54, 1.807) is 10.6 Å². The molecular weight excluding hydrogens is 297 g/mol. The Morgan fingerprint density at radius 1 is 1.56 bits per heavy atom. The van der Waals surface area contributed by atoms with Crippen molar-refractivity contribution in [3.05, 3.63) is 34.3 Å². The average Bonchev–Trinajstić information content (AvgIpc) is 2.58. The predicted octanol–water partition coefficient (Wildman–Crippen LogP) is 2.98. The Morgan fingerprint density at radius 2 is 2.28 bits per heavy atom. The van der Waals surface area contributed by atoms with Crippen molar-refractivity contribution in [3.63, 3.8) is 0 Å². The molecule has 0 saturated heterocycles. The normalized spacial score (nSPS) is 10.3. The second-order valence-electron chi connectivity index (χ2n) is 3.81. The molecule has 1 aromatic heterocycles. The quantitative estimate of drug-likeness (QED) is 0.867. The number of anilines is 1. The number of halogens is 2. The summed E-state index contributed by atoms with van der Waals surface area (Å²) in [6.07, 6.45) is 5.28. The van der Waals surface area contributed by atoms with Crippen LogP contribution >= 0.6 is 15.9 Å². The van der Waals surface area contributed by atoms with Gasteiger partial charge >= 0.3 is 0 Å². The number of aromatic nitrogens is 2. The molecule has 0 amide bonds. The van der Waals surface area contributed by atoms with Gasteiger partial charge in [-0.3, -0.25) is 0 Å². The van der Waals surface area contributed by atoms with Gasteiger partial charge in [0, 0.05) is 10.0 Å². The van der Waals surface area contributed by atoms with Crippen LogP contribution in [0.3, 0.4) is 0 Å². The van der Waals surface area contributed by atoms with Gasteiger partial charge < -0.3 is 10.3 Å². The van der Waals surface area contributed by atoms with Gasteiger partial charge in [0.1, 0.15) is 23.2 Å². The molecule has 0 aliphatic heterocycles. The number of nitrogens with two attached hydrogens (primary N) is 1. The Morgan fingerprint density at radius 3 is 2.89 bits per heavy atom. The number of nitrogen functional groups attached to an aromatic ring is 1. The van der Waals surface area contributed by atoms with E-state index in [2.05, 4.69) is 26.8 Å². The van der Waals surface area contributed by atoms with E-state index in [0.29, 0.717) is 22.5 Å². The largest absolute Gasteiger partial charge is 0.383 e. The fourth-order valence-electron chi connectivity index (χ4n) is 1.75. The Balaban J connectivity index is 2.58. The zero-order chi connectivity index (χ0) is 13.3. The monoisotopic (exact) mass is 307 g/mol. The number of rotatable bonds is 2. The summed E-state index contributed by atoms with van der Waals surface area (Å²) in [6, 6.07) is 4.39. The molecule has 0 fully saturated rings. The van der Waals surface area contributed by atoms with Crippen LogP contribution in [0.25, 0.3) is 11.3 Å². The van der Waals surface area contributed by atoms with Gasteiger partial charge in [-0.2, -0.15) is 0 Å². The van der Waals surface area contributed by atoms with Crippen LogP contribution in [0.5, 0.6) is 0 Å². The third-order valence-corrected chi connectivity index (χ3v) is 3.29. The van der Waals surface area contributed by atoms with E-state index in [-0.39, 0.29) is 5.82 Å². The predicted molar refractivity (Wildman–Crippen MR) is 73.3 cm³/mol. The van der Waals surface area contributed by atoms with E-state index in [4.69, 9.17) is 12.2 Å². The molecule has 0 aliphatic rings. The topological polar surface area (TPSA) is 43.8 Å². The first kappa shape index (κ1) is 12.7. The van der Waals surface area contributed by atoms with Gasteiger partial charge in [-0.1, -0.05) is 5.92 Å². The Kier molecular flexibility index (Phi) is 3.39. The van der Waals surface area contributed by atoms with Crippen molar-refractivity contribution in [1.82, 2.24) is 9.55 Å². The Labute approximate surface area is 113 Å². The highest BCUT2D eigenvalue weighted by Crippen LogP contribution is 2.32. The highest BCUT2D eigenvalue weighted by Gasteiger charge is 2.15. The first-order valence-electron chi connectivity index (χ1n) is 5.26. The molecule has 18 heavy (non-hydrogen) atoms. The first-order chi connectivity index (χ1) is 8.54. The minimum atomic E-state index is -0.316. The number of nitrogens with zero attached hydrogens (tertiary/aromatic N) is 2. The summed E-state index contributed by atoms with van der Waals surface area (Å²) in [5, 5.41) is 0. The van der Waals surface area contributed by atoms with Crippen LogP contribution in [0.15, 0.2) is 22.7 Å². The smallest absolute Gasteiger partial charge is 0.132 e. The molecule has 5 heteroatoms. The molecule has 0 atom stereocenters. The molecule has 0 radical (unpaired) electrons. The molecule has 0 aliphatic carbocycles. The molecule has 0 unspecified atom stereocenters. The number of hydrogen-bond donors (Lipinski definition) is 1. The third kappa shape index (κ3) is 2.12. The summed E-state index contributed by atoms with van der Waals surface area (Å²) in [7, 11) is 0. The fourth-order valence-corrected chi connectivity index (χ4v) is 2.29. The zero-order valence-electron chi connectivity index (χ0n) is 9.74. The lowest BCUT2D eigenvalue weighted by molar-refractivity contribution is 0.627. The third-order valence-electron chi connectivity index (χ3n) is 2.63. The summed E-state index contributed by atoms with van der Waals surface area (Å²) < 4.78 is 15.4. The van der Waals surface area contributed by atoms with Crippen LogP contribution < -0.4 is 5.73 Å². The maximum atomic E-state index is 13.1. The van der Waals surface area contributed by atoms with Gasteiger partial charge in [0.05, 0.1) is 6.54 Å². The number of imidazole rings is 1. The highest BCUT2D eigenvalue weighted by atomic mass is 79.9. The van der Waals surface area contributed by atoms with E-state index < -0.39 is 0 Å². The second-order valence-corrected chi connectivity index (χ2v) is 4.66. The lowest BCUT2D eigenvalue weighted by Crippen LogP contribution is -2.03. The Bertz CT molecular complexity index is 640. The van der Waals surface area contributed by atoms with Crippen LogP contribution in [-0.4, -0.2) is 9.55 Å². The minimum Gasteiger partial charge on any atom is -0.383 e. The van der Waals surface area contributed by atoms with E-state index in [0.717, 1.165) is 11.4 Å². The Hall–Kier alpha value is -1.80. The second kappa shape index (κ2) is 4.83. The summed E-state index contributed by atoms with van der Waals surface area (Å²) >= 11 is 3.31. The van der Waals surface area contributed by atoms with Gasteiger partial charge in [0.15, 0.2) is 0 Å². The van der Waals surface area contributed by atoms with Gasteiger partial charge in [-0.15, -0.1) is 6.42 Å². The van der Waals surface area contributed by atoms with E-state index >= 15 is 0 Å². The van der Waals surface area contributed by atoms with E-state index in [1.807, 2.05) is 6.92 Å². The molecule has 1 heterocycles. The molecule has 2 aromatic rings. The van der Waals surface area contributed by atoms with Gasteiger partial charge in [0.2, 0.25) is 0 Å². The van der Waals surface area contributed by atoms with Crippen molar-refractivity contribution in [2.75, 3.05) is 5.73 Å². The maximum Gasteiger partial charge on any atom is 0.132 e. The number of terminal acetylenes is 1. The van der Waals surface area contributed by atoms with Crippen LogP contribution in [0.2, 0.25) is 0 Å². The molecular formula is C13H11BrFN3. The molecule has 0 spiro atoms. The molecule has 2 rings (SSSR count). The molecule has 2 N–H and O–H groups in total. The molecule has 0 saturated carbocycles. The minimum absolute atomic E-state index is 0.316. The van der Waals surface area contributed by atoms with Gasteiger partial charge in [-0.05, 0) is 41.1 Å². The van der Waals surface area contributed by atoms with E-state index in [1.165, 1.54) is 12.1 Å².